The minimum Gasteiger partial charge on any atom is -0.376 e. The van der Waals surface area contributed by atoms with Gasteiger partial charge in [-0.2, -0.15) is 5.26 Å². The monoisotopic (exact) mass is 247 g/mol. The van der Waals surface area contributed by atoms with Gasteiger partial charge < -0.3 is 9.80 Å². The van der Waals surface area contributed by atoms with E-state index in [-0.39, 0.29) is 5.91 Å². The highest BCUT2D eigenvalue weighted by atomic mass is 16.2. The zero-order valence-corrected chi connectivity index (χ0v) is 11.1. The second-order valence-electron chi connectivity index (χ2n) is 5.37. The zero-order chi connectivity index (χ0) is 13.0. The standard InChI is InChI=1S/C14H21N3O/c1-12-4-8-17(9-5-12)14(18)13(10-15)11-16-6-2-3-7-16/h11-12H,2-9H2,1H3/b13-11-. The maximum absolute atomic E-state index is 12.2. The maximum Gasteiger partial charge on any atom is 0.266 e. The molecule has 0 atom stereocenters. The van der Waals surface area contributed by atoms with E-state index in [0.717, 1.165) is 51.9 Å². The molecule has 2 saturated heterocycles. The fraction of sp³-hybridized carbons (Fsp3) is 0.714. The van der Waals surface area contributed by atoms with Crippen LogP contribution in [-0.4, -0.2) is 41.9 Å². The van der Waals surface area contributed by atoms with Crippen molar-refractivity contribution in [1.82, 2.24) is 9.80 Å². The fourth-order valence-electron chi connectivity index (χ4n) is 2.57. The molecule has 2 aliphatic rings. The van der Waals surface area contributed by atoms with Crippen LogP contribution >= 0.6 is 0 Å². The van der Waals surface area contributed by atoms with Crippen LogP contribution in [-0.2, 0) is 4.79 Å². The summed E-state index contributed by atoms with van der Waals surface area (Å²) in [5.41, 5.74) is 0.298. The number of likely N-dealkylation sites (tertiary alicyclic amines) is 2. The minimum atomic E-state index is -0.0868. The van der Waals surface area contributed by atoms with Crippen molar-refractivity contribution < 1.29 is 4.79 Å². The number of nitriles is 1. The van der Waals surface area contributed by atoms with Gasteiger partial charge in [-0.3, -0.25) is 4.79 Å². The zero-order valence-electron chi connectivity index (χ0n) is 11.1. The fourth-order valence-corrected chi connectivity index (χ4v) is 2.57. The van der Waals surface area contributed by atoms with E-state index >= 15 is 0 Å². The molecule has 1 amide bonds. The molecule has 0 bridgehead atoms. The summed E-state index contributed by atoms with van der Waals surface area (Å²) in [5, 5.41) is 9.15. The van der Waals surface area contributed by atoms with E-state index in [9.17, 15) is 4.79 Å². The Bertz CT molecular complexity index is 369. The van der Waals surface area contributed by atoms with E-state index in [2.05, 4.69) is 17.9 Å². The van der Waals surface area contributed by atoms with Gasteiger partial charge in [-0.05, 0) is 31.6 Å². The van der Waals surface area contributed by atoms with Crippen LogP contribution in [0.1, 0.15) is 32.6 Å². The van der Waals surface area contributed by atoms with Crippen LogP contribution in [0.3, 0.4) is 0 Å². The summed E-state index contributed by atoms with van der Waals surface area (Å²) in [7, 11) is 0. The molecule has 0 N–H and O–H groups in total. The Morgan fingerprint density at radius 3 is 2.39 bits per heavy atom. The number of hydrogen-bond donors (Lipinski definition) is 0. The summed E-state index contributed by atoms with van der Waals surface area (Å²) in [6.07, 6.45) is 6.17. The van der Waals surface area contributed by atoms with Crippen molar-refractivity contribution in [3.63, 3.8) is 0 Å². The highest BCUT2D eigenvalue weighted by molar-refractivity contribution is 5.97. The second-order valence-corrected chi connectivity index (χ2v) is 5.37. The summed E-state index contributed by atoms with van der Waals surface area (Å²) in [6, 6.07) is 2.07. The molecule has 2 heterocycles. The molecule has 4 nitrogen and oxygen atoms in total. The first-order chi connectivity index (χ1) is 8.70. The van der Waals surface area contributed by atoms with E-state index in [0.29, 0.717) is 11.5 Å². The first-order valence-electron chi connectivity index (χ1n) is 6.86. The van der Waals surface area contributed by atoms with Crippen LogP contribution in [0.25, 0.3) is 0 Å². The van der Waals surface area contributed by atoms with Gasteiger partial charge in [-0.1, -0.05) is 6.92 Å². The third-order valence-corrected chi connectivity index (χ3v) is 3.87. The van der Waals surface area contributed by atoms with Crippen molar-refractivity contribution in [3.8, 4) is 6.07 Å². The van der Waals surface area contributed by atoms with Crippen molar-refractivity contribution in [2.24, 2.45) is 5.92 Å². The third kappa shape index (κ3) is 3.04. The maximum atomic E-state index is 12.2. The lowest BCUT2D eigenvalue weighted by Crippen LogP contribution is -2.38. The molecule has 0 aromatic heterocycles. The van der Waals surface area contributed by atoms with E-state index in [1.54, 1.807) is 6.20 Å². The molecule has 0 saturated carbocycles. The highest BCUT2D eigenvalue weighted by Gasteiger charge is 2.23. The minimum absolute atomic E-state index is 0.0868. The van der Waals surface area contributed by atoms with Gasteiger partial charge in [0.15, 0.2) is 0 Å². The lowest BCUT2D eigenvalue weighted by molar-refractivity contribution is -0.128. The van der Waals surface area contributed by atoms with Crippen LogP contribution < -0.4 is 0 Å². The third-order valence-electron chi connectivity index (χ3n) is 3.87. The first-order valence-corrected chi connectivity index (χ1v) is 6.86. The van der Waals surface area contributed by atoms with Crippen molar-refractivity contribution in [1.29, 1.82) is 5.26 Å². The molecular weight excluding hydrogens is 226 g/mol. The Labute approximate surface area is 109 Å². The molecule has 2 fully saturated rings. The Morgan fingerprint density at radius 1 is 1.22 bits per heavy atom. The smallest absolute Gasteiger partial charge is 0.266 e. The number of carbonyl (C=O) groups is 1. The predicted octanol–water partition coefficient (Wildman–Crippen LogP) is 1.75. The summed E-state index contributed by atoms with van der Waals surface area (Å²) < 4.78 is 0. The van der Waals surface area contributed by atoms with E-state index in [1.165, 1.54) is 0 Å². The summed E-state index contributed by atoms with van der Waals surface area (Å²) in [4.78, 5) is 16.1. The van der Waals surface area contributed by atoms with Gasteiger partial charge in [0.25, 0.3) is 5.91 Å². The van der Waals surface area contributed by atoms with Gasteiger partial charge >= 0.3 is 0 Å². The molecule has 18 heavy (non-hydrogen) atoms. The molecule has 4 heteroatoms. The molecule has 2 aliphatic heterocycles. The number of amides is 1. The topological polar surface area (TPSA) is 47.3 Å². The number of hydrogen-bond acceptors (Lipinski definition) is 3. The Morgan fingerprint density at radius 2 is 1.83 bits per heavy atom. The first kappa shape index (κ1) is 12.9. The molecule has 2 rings (SSSR count). The van der Waals surface area contributed by atoms with Crippen molar-refractivity contribution in [3.05, 3.63) is 11.8 Å². The van der Waals surface area contributed by atoms with Gasteiger partial charge in [0.2, 0.25) is 0 Å². The molecule has 0 aromatic rings. The van der Waals surface area contributed by atoms with Crippen molar-refractivity contribution >= 4 is 5.91 Å². The molecular formula is C14H21N3O. The van der Waals surface area contributed by atoms with Gasteiger partial charge in [0, 0.05) is 32.4 Å². The predicted molar refractivity (Wildman–Crippen MR) is 69.5 cm³/mol. The summed E-state index contributed by atoms with van der Waals surface area (Å²) in [6.45, 7) is 5.73. The van der Waals surface area contributed by atoms with Gasteiger partial charge in [-0.25, -0.2) is 0 Å². The molecule has 0 aromatic carbocycles. The number of nitrogens with zero attached hydrogens (tertiary/aromatic N) is 3. The van der Waals surface area contributed by atoms with Crippen LogP contribution in [0, 0.1) is 17.2 Å². The van der Waals surface area contributed by atoms with Crippen molar-refractivity contribution in [2.45, 2.75) is 32.6 Å². The Kier molecular flexibility index (Phi) is 4.24. The average Bonchev–Trinajstić information content (AvgIpc) is 2.89. The van der Waals surface area contributed by atoms with Crippen molar-refractivity contribution in [2.75, 3.05) is 26.2 Å². The normalized spacial score (nSPS) is 22.1. The molecule has 0 spiro atoms. The van der Waals surface area contributed by atoms with E-state index in [1.807, 2.05) is 4.90 Å². The highest BCUT2D eigenvalue weighted by Crippen LogP contribution is 2.18. The van der Waals surface area contributed by atoms with Gasteiger partial charge in [0.1, 0.15) is 11.6 Å². The largest absolute Gasteiger partial charge is 0.376 e. The van der Waals surface area contributed by atoms with Gasteiger partial charge in [-0.15, -0.1) is 0 Å². The van der Waals surface area contributed by atoms with Crippen LogP contribution in [0.15, 0.2) is 11.8 Å². The molecule has 0 radical (unpaired) electrons. The number of carbonyl (C=O) groups excluding carboxylic acids is 1. The van der Waals surface area contributed by atoms with E-state index < -0.39 is 0 Å². The lowest BCUT2D eigenvalue weighted by Gasteiger charge is -2.30. The number of piperidine rings is 1. The van der Waals surface area contributed by atoms with E-state index in [4.69, 9.17) is 5.26 Å². The quantitative estimate of drug-likeness (QED) is 0.551. The second kappa shape index (κ2) is 5.90. The molecule has 0 aliphatic carbocycles. The Balaban J connectivity index is 1.99. The average molecular weight is 247 g/mol. The van der Waals surface area contributed by atoms with Crippen LogP contribution in [0.5, 0.6) is 0 Å². The Hall–Kier alpha value is -1.50. The van der Waals surface area contributed by atoms with Crippen LogP contribution in [0.2, 0.25) is 0 Å². The summed E-state index contributed by atoms with van der Waals surface area (Å²) in [5.74, 6) is 0.610. The van der Waals surface area contributed by atoms with Gasteiger partial charge in [0.05, 0.1) is 0 Å². The van der Waals surface area contributed by atoms with Crippen LogP contribution in [0.4, 0.5) is 0 Å². The molecule has 0 unspecified atom stereocenters. The molecule has 98 valence electrons. The lowest BCUT2D eigenvalue weighted by atomic mass is 9.99. The summed E-state index contributed by atoms with van der Waals surface area (Å²) >= 11 is 0. The number of rotatable bonds is 2. The SMILES string of the molecule is CC1CCN(C(=O)/C(C#N)=C\N2CCCC2)CC1.